The van der Waals surface area contributed by atoms with Gasteiger partial charge in [0.2, 0.25) is 0 Å². The van der Waals surface area contributed by atoms with Gasteiger partial charge in [0.1, 0.15) is 5.76 Å². The van der Waals surface area contributed by atoms with E-state index in [9.17, 15) is 5.11 Å². The zero-order chi connectivity index (χ0) is 10.0. The average molecular weight is 296 g/mol. The highest BCUT2D eigenvalue weighted by Gasteiger charge is 2.30. The van der Waals surface area contributed by atoms with Gasteiger partial charge in [0, 0.05) is 6.04 Å². The largest absolute Gasteiger partial charge is 0.511 e. The van der Waals surface area contributed by atoms with Crippen LogP contribution >= 0.6 is 22.6 Å². The third-order valence-corrected chi connectivity index (χ3v) is 4.07. The summed E-state index contributed by atoms with van der Waals surface area (Å²) in [6, 6.07) is -0.0215. The molecule has 3 nitrogen and oxygen atoms in total. The van der Waals surface area contributed by atoms with E-state index in [1.54, 1.807) is 0 Å². The summed E-state index contributed by atoms with van der Waals surface area (Å²) in [5.41, 5.74) is 11.6. The number of alkyl halides is 1. The molecule has 4 atom stereocenters. The molecule has 0 spiro atoms. The van der Waals surface area contributed by atoms with Gasteiger partial charge in [0.15, 0.2) is 0 Å². The van der Waals surface area contributed by atoms with Crippen molar-refractivity contribution in [1.82, 2.24) is 0 Å². The zero-order valence-electron chi connectivity index (χ0n) is 7.78. The van der Waals surface area contributed by atoms with Gasteiger partial charge in [-0.1, -0.05) is 29.5 Å². The van der Waals surface area contributed by atoms with E-state index in [0.717, 1.165) is 6.42 Å². The molecule has 1 aliphatic carbocycles. The van der Waals surface area contributed by atoms with E-state index in [2.05, 4.69) is 29.5 Å². The van der Waals surface area contributed by atoms with Crippen LogP contribution in [-0.4, -0.2) is 21.6 Å². The molecule has 0 aromatic rings. The minimum atomic E-state index is -0.0215. The highest BCUT2D eigenvalue weighted by atomic mass is 127. The third kappa shape index (κ3) is 2.57. The monoisotopic (exact) mass is 296 g/mol. The molecule has 0 radical (unpaired) electrons. The van der Waals surface area contributed by atoms with E-state index < -0.39 is 0 Å². The van der Waals surface area contributed by atoms with Crippen LogP contribution in [0.3, 0.4) is 0 Å². The topological polar surface area (TPSA) is 72.3 Å². The second-order valence-electron chi connectivity index (χ2n) is 3.78. The predicted octanol–water partition coefficient (Wildman–Crippen LogP) is 1.17. The molecule has 0 aliphatic heterocycles. The van der Waals surface area contributed by atoms with Crippen molar-refractivity contribution in [2.45, 2.75) is 23.3 Å². The SMILES string of the molecule is CC1C=C(O)C(I)[C@@H](N)C(CN)C1. The molecule has 0 aromatic carbocycles. The van der Waals surface area contributed by atoms with E-state index in [4.69, 9.17) is 11.5 Å². The Kier molecular flexibility index (Phi) is 4.00. The Morgan fingerprint density at radius 1 is 1.69 bits per heavy atom. The number of halogens is 1. The van der Waals surface area contributed by atoms with Crippen molar-refractivity contribution >= 4 is 22.6 Å². The first-order chi connectivity index (χ1) is 6.06. The molecule has 0 saturated carbocycles. The van der Waals surface area contributed by atoms with Gasteiger partial charge in [-0.25, -0.2) is 0 Å². The number of hydrogen-bond acceptors (Lipinski definition) is 3. The van der Waals surface area contributed by atoms with Crippen LogP contribution in [0.1, 0.15) is 13.3 Å². The average Bonchev–Trinajstić information content (AvgIpc) is 2.18. The van der Waals surface area contributed by atoms with E-state index in [-0.39, 0.29) is 9.97 Å². The van der Waals surface area contributed by atoms with Crippen molar-refractivity contribution in [2.24, 2.45) is 23.3 Å². The number of aliphatic hydroxyl groups excluding tert-OH is 1. The molecule has 13 heavy (non-hydrogen) atoms. The molecule has 0 amide bonds. The van der Waals surface area contributed by atoms with Gasteiger partial charge in [0.25, 0.3) is 0 Å². The summed E-state index contributed by atoms with van der Waals surface area (Å²) < 4.78 is 0.0103. The Balaban J connectivity index is 2.80. The number of hydrogen-bond donors (Lipinski definition) is 3. The first-order valence-electron chi connectivity index (χ1n) is 4.56. The Morgan fingerprint density at radius 3 is 2.85 bits per heavy atom. The molecule has 5 N–H and O–H groups in total. The minimum Gasteiger partial charge on any atom is -0.511 e. The van der Waals surface area contributed by atoms with Crippen LogP contribution in [0.15, 0.2) is 11.8 Å². The maximum Gasteiger partial charge on any atom is 0.103 e. The Labute approximate surface area is 92.7 Å². The van der Waals surface area contributed by atoms with Crippen LogP contribution in [0.2, 0.25) is 0 Å². The van der Waals surface area contributed by atoms with Crippen LogP contribution < -0.4 is 11.5 Å². The first kappa shape index (κ1) is 11.3. The second kappa shape index (κ2) is 4.61. The lowest BCUT2D eigenvalue weighted by Crippen LogP contribution is -2.41. The van der Waals surface area contributed by atoms with E-state index in [0.29, 0.717) is 24.1 Å². The standard InChI is InChI=1S/C9H17IN2O/c1-5-2-6(4-11)9(12)8(10)7(13)3-5/h3,5-6,8-9,13H,2,4,11-12H2,1H3/t5?,6?,8?,9-/m0/s1. The van der Waals surface area contributed by atoms with Gasteiger partial charge < -0.3 is 16.6 Å². The number of rotatable bonds is 1. The normalized spacial score (nSPS) is 41.1. The number of aliphatic hydroxyl groups is 1. The van der Waals surface area contributed by atoms with Crippen LogP contribution in [-0.2, 0) is 0 Å². The fraction of sp³-hybridized carbons (Fsp3) is 0.778. The van der Waals surface area contributed by atoms with E-state index in [1.807, 2.05) is 6.08 Å². The van der Waals surface area contributed by atoms with Crippen LogP contribution in [0.4, 0.5) is 0 Å². The molecule has 0 heterocycles. The summed E-state index contributed by atoms with van der Waals surface area (Å²) in [7, 11) is 0. The molecule has 0 fully saturated rings. The van der Waals surface area contributed by atoms with Crippen molar-refractivity contribution in [3.05, 3.63) is 11.8 Å². The lowest BCUT2D eigenvalue weighted by molar-refractivity contribution is 0.352. The summed E-state index contributed by atoms with van der Waals surface area (Å²) in [4.78, 5) is 0. The van der Waals surface area contributed by atoms with Crippen molar-refractivity contribution in [2.75, 3.05) is 6.54 Å². The lowest BCUT2D eigenvalue weighted by Gasteiger charge is -2.24. The van der Waals surface area contributed by atoms with Gasteiger partial charge in [-0.15, -0.1) is 0 Å². The molecule has 0 aromatic heterocycles. The van der Waals surface area contributed by atoms with E-state index >= 15 is 0 Å². The molecule has 3 unspecified atom stereocenters. The summed E-state index contributed by atoms with van der Waals surface area (Å²) in [5.74, 6) is 1.11. The second-order valence-corrected chi connectivity index (χ2v) is 5.12. The van der Waals surface area contributed by atoms with Gasteiger partial charge in [-0.05, 0) is 30.9 Å². The Bertz CT molecular complexity index is 208. The number of allylic oxidation sites excluding steroid dienone is 1. The molecule has 0 bridgehead atoms. The van der Waals surface area contributed by atoms with Crippen molar-refractivity contribution in [1.29, 1.82) is 0 Å². The van der Waals surface area contributed by atoms with Crippen molar-refractivity contribution in [3.8, 4) is 0 Å². The molecular formula is C9H17IN2O. The van der Waals surface area contributed by atoms with Gasteiger partial charge >= 0.3 is 0 Å². The van der Waals surface area contributed by atoms with Crippen LogP contribution in [0.25, 0.3) is 0 Å². The molecule has 1 rings (SSSR count). The zero-order valence-corrected chi connectivity index (χ0v) is 9.94. The summed E-state index contributed by atoms with van der Waals surface area (Å²) >= 11 is 2.18. The molecule has 1 aliphatic rings. The Morgan fingerprint density at radius 2 is 2.31 bits per heavy atom. The van der Waals surface area contributed by atoms with Gasteiger partial charge in [-0.2, -0.15) is 0 Å². The van der Waals surface area contributed by atoms with Gasteiger partial charge in [0.05, 0.1) is 3.92 Å². The molecule has 4 heteroatoms. The minimum absolute atomic E-state index is 0.0103. The maximum absolute atomic E-state index is 9.64. The maximum atomic E-state index is 9.64. The summed E-state index contributed by atoms with van der Waals surface area (Å²) in [6.45, 7) is 2.69. The third-order valence-electron chi connectivity index (χ3n) is 2.60. The van der Waals surface area contributed by atoms with Gasteiger partial charge in [-0.3, -0.25) is 0 Å². The van der Waals surface area contributed by atoms with Crippen molar-refractivity contribution < 1.29 is 5.11 Å². The van der Waals surface area contributed by atoms with Crippen LogP contribution in [0, 0.1) is 11.8 Å². The molecule has 0 saturated heterocycles. The first-order valence-corrected chi connectivity index (χ1v) is 5.81. The number of nitrogens with two attached hydrogens (primary N) is 2. The Hall–Kier alpha value is 0.190. The molecule has 76 valence electrons. The smallest absolute Gasteiger partial charge is 0.103 e. The predicted molar refractivity (Wildman–Crippen MR) is 62.8 cm³/mol. The summed E-state index contributed by atoms with van der Waals surface area (Å²) in [6.07, 6.45) is 2.87. The highest BCUT2D eigenvalue weighted by molar-refractivity contribution is 14.1. The highest BCUT2D eigenvalue weighted by Crippen LogP contribution is 2.28. The quantitative estimate of drug-likeness (QED) is 0.502. The lowest BCUT2D eigenvalue weighted by atomic mass is 9.91. The fourth-order valence-corrected chi connectivity index (χ4v) is 2.57. The molecular weight excluding hydrogens is 279 g/mol. The fourth-order valence-electron chi connectivity index (χ4n) is 1.78. The van der Waals surface area contributed by atoms with Crippen LogP contribution in [0.5, 0.6) is 0 Å². The van der Waals surface area contributed by atoms with Crippen molar-refractivity contribution in [3.63, 3.8) is 0 Å². The summed E-state index contributed by atoms with van der Waals surface area (Å²) in [5, 5.41) is 9.64. The van der Waals surface area contributed by atoms with E-state index in [1.165, 1.54) is 0 Å².